The summed E-state index contributed by atoms with van der Waals surface area (Å²) in [5, 5.41) is 0. The second-order valence-corrected chi connectivity index (χ2v) is 5.18. The van der Waals surface area contributed by atoms with Gasteiger partial charge in [0.15, 0.2) is 5.78 Å². The van der Waals surface area contributed by atoms with Crippen molar-refractivity contribution in [2.75, 3.05) is 0 Å². The minimum Gasteiger partial charge on any atom is -0.324 e. The zero-order valence-corrected chi connectivity index (χ0v) is 10.6. The molecular weight excluding hydrogens is 242 g/mol. The fourth-order valence-corrected chi connectivity index (χ4v) is 2.91. The number of fused-ring (bicyclic) bond motifs is 1. The normalized spacial score (nSPS) is 23.5. The number of rotatable bonds is 1. The summed E-state index contributed by atoms with van der Waals surface area (Å²) in [5.74, 6) is -0.191. The van der Waals surface area contributed by atoms with E-state index in [2.05, 4.69) is 0 Å². The molecule has 0 unspecified atom stereocenters. The van der Waals surface area contributed by atoms with Gasteiger partial charge in [-0.3, -0.25) is 14.4 Å². The van der Waals surface area contributed by atoms with Gasteiger partial charge in [-0.15, -0.1) is 0 Å². The van der Waals surface area contributed by atoms with Gasteiger partial charge < -0.3 is 4.90 Å². The highest BCUT2D eigenvalue weighted by molar-refractivity contribution is 6.06. The van der Waals surface area contributed by atoms with E-state index in [0.717, 1.165) is 5.56 Å². The Morgan fingerprint density at radius 3 is 2.68 bits per heavy atom. The van der Waals surface area contributed by atoms with Crippen molar-refractivity contribution in [1.29, 1.82) is 0 Å². The lowest BCUT2D eigenvalue weighted by molar-refractivity contribution is -0.128. The second-order valence-electron chi connectivity index (χ2n) is 5.18. The van der Waals surface area contributed by atoms with Crippen molar-refractivity contribution in [2.45, 2.75) is 38.3 Å². The summed E-state index contributed by atoms with van der Waals surface area (Å²) in [5.41, 5.74) is 1.65. The molecule has 0 bridgehead atoms. The van der Waals surface area contributed by atoms with Gasteiger partial charge in [0.1, 0.15) is 5.78 Å². The zero-order chi connectivity index (χ0) is 13.4. The van der Waals surface area contributed by atoms with Gasteiger partial charge in [0, 0.05) is 18.5 Å². The van der Waals surface area contributed by atoms with Gasteiger partial charge in [0.05, 0.1) is 12.5 Å². The molecule has 19 heavy (non-hydrogen) atoms. The highest BCUT2D eigenvalue weighted by atomic mass is 16.2. The lowest BCUT2D eigenvalue weighted by Gasteiger charge is -2.25. The van der Waals surface area contributed by atoms with Crippen molar-refractivity contribution in [3.8, 4) is 0 Å². The van der Waals surface area contributed by atoms with Gasteiger partial charge in [-0.25, -0.2) is 0 Å². The largest absolute Gasteiger partial charge is 0.324 e. The molecule has 4 heteroatoms. The number of Topliss-reactive ketones (excluding diaryl/α,β-unsaturated/α-hetero) is 2. The maximum Gasteiger partial charge on any atom is 0.255 e. The van der Waals surface area contributed by atoms with E-state index in [4.69, 9.17) is 0 Å². The first-order chi connectivity index (χ1) is 9.16. The molecule has 3 rings (SSSR count). The van der Waals surface area contributed by atoms with Gasteiger partial charge in [-0.1, -0.05) is 18.2 Å². The van der Waals surface area contributed by atoms with Crippen LogP contribution in [0.2, 0.25) is 0 Å². The molecule has 1 aliphatic carbocycles. The fraction of sp³-hybridized carbons (Fsp3) is 0.400. The third kappa shape index (κ3) is 2.07. The number of carbonyl (C=O) groups excluding carboxylic acids is 3. The third-order valence-corrected chi connectivity index (χ3v) is 3.90. The number of hydrogen-bond acceptors (Lipinski definition) is 3. The first-order valence-electron chi connectivity index (χ1n) is 6.60. The average Bonchev–Trinajstić information content (AvgIpc) is 2.62. The van der Waals surface area contributed by atoms with Crippen molar-refractivity contribution in [2.24, 2.45) is 0 Å². The number of ketones is 2. The molecule has 1 amide bonds. The van der Waals surface area contributed by atoms with Crippen LogP contribution in [0.15, 0.2) is 24.3 Å². The molecule has 1 aliphatic heterocycles. The van der Waals surface area contributed by atoms with Crippen LogP contribution in [0.1, 0.15) is 41.6 Å². The molecule has 0 radical (unpaired) electrons. The van der Waals surface area contributed by atoms with Crippen LogP contribution in [0.5, 0.6) is 0 Å². The molecule has 1 heterocycles. The van der Waals surface area contributed by atoms with Crippen molar-refractivity contribution in [3.63, 3.8) is 0 Å². The Bertz CT molecular complexity index is 564. The Kier molecular flexibility index (Phi) is 2.93. The van der Waals surface area contributed by atoms with E-state index in [1.54, 1.807) is 11.0 Å². The molecule has 2 aliphatic rings. The first kappa shape index (κ1) is 12.1. The number of nitrogens with zero attached hydrogens (tertiary/aromatic N) is 1. The smallest absolute Gasteiger partial charge is 0.255 e. The topological polar surface area (TPSA) is 54.5 Å². The summed E-state index contributed by atoms with van der Waals surface area (Å²) < 4.78 is 0. The summed E-state index contributed by atoms with van der Waals surface area (Å²) in [6, 6.07) is 7.02. The summed E-state index contributed by atoms with van der Waals surface area (Å²) in [7, 11) is 0. The molecule has 1 fully saturated rings. The molecule has 4 nitrogen and oxygen atoms in total. The van der Waals surface area contributed by atoms with Gasteiger partial charge in [0.25, 0.3) is 5.91 Å². The molecule has 1 aromatic carbocycles. The van der Waals surface area contributed by atoms with Crippen molar-refractivity contribution in [3.05, 3.63) is 35.4 Å². The predicted molar refractivity (Wildman–Crippen MR) is 68.6 cm³/mol. The molecule has 98 valence electrons. The van der Waals surface area contributed by atoms with E-state index in [-0.39, 0.29) is 23.9 Å². The summed E-state index contributed by atoms with van der Waals surface area (Å²) in [6.45, 7) is 0.486. The lowest BCUT2D eigenvalue weighted by atomic mass is 10.1. The van der Waals surface area contributed by atoms with Crippen LogP contribution in [0.4, 0.5) is 0 Å². The number of hydrogen-bond donors (Lipinski definition) is 0. The molecular formula is C15H15NO3. The molecule has 1 aromatic rings. The Labute approximate surface area is 111 Å². The Balaban J connectivity index is 1.86. The average molecular weight is 257 g/mol. The van der Waals surface area contributed by atoms with Crippen LogP contribution in [0.3, 0.4) is 0 Å². The maximum absolute atomic E-state index is 12.3. The molecule has 0 spiro atoms. The molecule has 1 atom stereocenters. The van der Waals surface area contributed by atoms with Crippen LogP contribution in [-0.4, -0.2) is 28.4 Å². The lowest BCUT2D eigenvalue weighted by Crippen LogP contribution is -2.41. The van der Waals surface area contributed by atoms with E-state index < -0.39 is 6.04 Å². The van der Waals surface area contributed by atoms with Crippen molar-refractivity contribution >= 4 is 17.5 Å². The second kappa shape index (κ2) is 4.61. The quantitative estimate of drug-likeness (QED) is 0.568. The molecule has 0 N–H and O–H groups in total. The number of amides is 1. The maximum atomic E-state index is 12.3. The molecule has 0 aromatic heterocycles. The minimum atomic E-state index is -0.425. The summed E-state index contributed by atoms with van der Waals surface area (Å²) in [4.78, 5) is 37.5. The highest BCUT2D eigenvalue weighted by Crippen LogP contribution is 2.28. The third-order valence-electron chi connectivity index (χ3n) is 3.90. The van der Waals surface area contributed by atoms with E-state index in [0.29, 0.717) is 31.4 Å². The molecule has 0 saturated heterocycles. The predicted octanol–water partition coefficient (Wildman–Crippen LogP) is 1.72. The Morgan fingerprint density at radius 1 is 1.11 bits per heavy atom. The highest BCUT2D eigenvalue weighted by Gasteiger charge is 2.37. The Hall–Kier alpha value is -1.97. The van der Waals surface area contributed by atoms with Crippen molar-refractivity contribution in [1.82, 2.24) is 4.90 Å². The SMILES string of the molecule is O=C1CCC[C@H](N2Cc3ccccc3C2=O)C(=O)C1. The van der Waals surface area contributed by atoms with Crippen LogP contribution in [-0.2, 0) is 16.1 Å². The van der Waals surface area contributed by atoms with Gasteiger partial charge in [0.2, 0.25) is 0 Å². The van der Waals surface area contributed by atoms with Gasteiger partial charge in [-0.05, 0) is 24.5 Å². The van der Waals surface area contributed by atoms with Gasteiger partial charge in [-0.2, -0.15) is 0 Å². The van der Waals surface area contributed by atoms with Crippen LogP contribution in [0, 0.1) is 0 Å². The van der Waals surface area contributed by atoms with Crippen molar-refractivity contribution < 1.29 is 14.4 Å². The fourth-order valence-electron chi connectivity index (χ4n) is 2.91. The summed E-state index contributed by atoms with van der Waals surface area (Å²) >= 11 is 0. The molecule has 1 saturated carbocycles. The van der Waals surface area contributed by atoms with Gasteiger partial charge >= 0.3 is 0 Å². The van der Waals surface area contributed by atoms with Crippen LogP contribution >= 0.6 is 0 Å². The minimum absolute atomic E-state index is 0.00309. The number of benzene rings is 1. The standard InChI is InChI=1S/C15H15NO3/c17-11-5-3-7-13(14(18)8-11)16-9-10-4-1-2-6-12(10)15(16)19/h1-2,4,6,13H,3,5,7-9H2/t13-/m0/s1. The van der Waals surface area contributed by atoms with Crippen LogP contribution < -0.4 is 0 Å². The monoisotopic (exact) mass is 257 g/mol. The summed E-state index contributed by atoms with van der Waals surface area (Å²) in [6.07, 6.45) is 1.72. The van der Waals surface area contributed by atoms with E-state index in [1.165, 1.54) is 0 Å². The Morgan fingerprint density at radius 2 is 1.89 bits per heavy atom. The zero-order valence-electron chi connectivity index (χ0n) is 10.6. The van der Waals surface area contributed by atoms with E-state index in [1.807, 2.05) is 18.2 Å². The van der Waals surface area contributed by atoms with Crippen LogP contribution in [0.25, 0.3) is 0 Å². The van der Waals surface area contributed by atoms with E-state index >= 15 is 0 Å². The first-order valence-corrected chi connectivity index (χ1v) is 6.60. The number of carbonyl (C=O) groups is 3. The van der Waals surface area contributed by atoms with E-state index in [9.17, 15) is 14.4 Å².